The van der Waals surface area contributed by atoms with Gasteiger partial charge in [0.2, 0.25) is 5.91 Å². The molecule has 1 saturated heterocycles. The number of thiophene rings is 1. The smallest absolute Gasteiger partial charge is 0.264 e. The fraction of sp³-hybridized carbons (Fsp3) is 0.619. The summed E-state index contributed by atoms with van der Waals surface area (Å²) in [6.07, 6.45) is 5.97. The number of rotatable bonds is 4. The Labute approximate surface area is 179 Å². The SMILES string of the molecule is O=C(NCc1nnc2n1CCN(C(=O)c1scc3c1CCCC3)CC2)[C@H]1CCOC1. The van der Waals surface area contributed by atoms with Crippen molar-refractivity contribution in [1.82, 2.24) is 25.0 Å². The molecule has 2 aliphatic heterocycles. The van der Waals surface area contributed by atoms with Gasteiger partial charge in [-0.1, -0.05) is 0 Å². The molecule has 2 aromatic heterocycles. The minimum absolute atomic E-state index is 0.0118. The highest BCUT2D eigenvalue weighted by atomic mass is 32.1. The second-order valence-electron chi connectivity index (χ2n) is 8.28. The molecule has 1 atom stereocenters. The Morgan fingerprint density at radius 2 is 2.07 bits per heavy atom. The van der Waals surface area contributed by atoms with Gasteiger partial charge in [0.05, 0.1) is 23.9 Å². The molecular formula is C21H27N5O3S. The number of carbonyl (C=O) groups excluding carboxylic acids is 2. The predicted molar refractivity (Wildman–Crippen MR) is 111 cm³/mol. The summed E-state index contributed by atoms with van der Waals surface area (Å²) in [5.41, 5.74) is 2.64. The third-order valence-corrected chi connectivity index (χ3v) is 7.47. The molecule has 0 radical (unpaired) electrons. The van der Waals surface area contributed by atoms with Crippen LogP contribution < -0.4 is 5.32 Å². The van der Waals surface area contributed by atoms with Crippen molar-refractivity contribution in [3.05, 3.63) is 33.0 Å². The molecule has 30 heavy (non-hydrogen) atoms. The van der Waals surface area contributed by atoms with Crippen molar-refractivity contribution in [3.8, 4) is 0 Å². The Kier molecular flexibility index (Phi) is 5.56. The number of hydrogen-bond donors (Lipinski definition) is 1. The van der Waals surface area contributed by atoms with Crippen LogP contribution in [0.25, 0.3) is 0 Å². The fourth-order valence-electron chi connectivity index (χ4n) is 4.61. The summed E-state index contributed by atoms with van der Waals surface area (Å²) in [5.74, 6) is 1.73. The first kappa shape index (κ1) is 19.7. The van der Waals surface area contributed by atoms with Gasteiger partial charge in [-0.15, -0.1) is 21.5 Å². The second-order valence-corrected chi connectivity index (χ2v) is 9.16. The molecule has 9 heteroatoms. The van der Waals surface area contributed by atoms with Crippen LogP contribution >= 0.6 is 11.3 Å². The van der Waals surface area contributed by atoms with E-state index in [-0.39, 0.29) is 17.7 Å². The Morgan fingerprint density at radius 3 is 2.93 bits per heavy atom. The number of fused-ring (bicyclic) bond motifs is 2. The molecule has 3 aliphatic rings. The average molecular weight is 430 g/mol. The quantitative estimate of drug-likeness (QED) is 0.797. The van der Waals surface area contributed by atoms with Gasteiger partial charge in [0, 0.05) is 32.7 Å². The van der Waals surface area contributed by atoms with Gasteiger partial charge >= 0.3 is 0 Å². The first-order valence-electron chi connectivity index (χ1n) is 10.9. The highest BCUT2D eigenvalue weighted by Crippen LogP contribution is 2.31. The molecule has 0 aromatic carbocycles. The molecule has 2 amide bonds. The summed E-state index contributed by atoms with van der Waals surface area (Å²) < 4.78 is 7.35. The highest BCUT2D eigenvalue weighted by Gasteiger charge is 2.28. The molecule has 1 fully saturated rings. The summed E-state index contributed by atoms with van der Waals surface area (Å²) in [7, 11) is 0. The summed E-state index contributed by atoms with van der Waals surface area (Å²) in [6, 6.07) is 0. The number of nitrogens with one attached hydrogen (secondary N) is 1. The van der Waals surface area contributed by atoms with Crippen LogP contribution in [0.2, 0.25) is 0 Å². The molecule has 4 heterocycles. The Morgan fingerprint density at radius 1 is 1.17 bits per heavy atom. The maximum absolute atomic E-state index is 13.2. The van der Waals surface area contributed by atoms with Crippen LogP contribution in [-0.4, -0.2) is 57.8 Å². The van der Waals surface area contributed by atoms with Crippen molar-refractivity contribution in [2.75, 3.05) is 26.3 Å². The molecule has 0 spiro atoms. The molecule has 5 rings (SSSR count). The number of aryl methyl sites for hydroxylation is 1. The van der Waals surface area contributed by atoms with E-state index in [9.17, 15) is 9.59 Å². The minimum Gasteiger partial charge on any atom is -0.381 e. The van der Waals surface area contributed by atoms with Gasteiger partial charge in [0.15, 0.2) is 5.82 Å². The Balaban J connectivity index is 1.24. The lowest BCUT2D eigenvalue weighted by atomic mass is 9.93. The van der Waals surface area contributed by atoms with E-state index in [2.05, 4.69) is 25.5 Å². The average Bonchev–Trinajstić information content (AvgIpc) is 3.49. The monoisotopic (exact) mass is 429 g/mol. The van der Waals surface area contributed by atoms with Crippen LogP contribution in [-0.2, 0) is 41.9 Å². The zero-order chi connectivity index (χ0) is 20.5. The first-order chi connectivity index (χ1) is 14.7. The Bertz CT molecular complexity index is 947. The number of aromatic nitrogens is 3. The van der Waals surface area contributed by atoms with E-state index < -0.39 is 0 Å². The number of nitrogens with zero attached hydrogens (tertiary/aromatic N) is 4. The van der Waals surface area contributed by atoms with Gasteiger partial charge in [-0.05, 0) is 48.6 Å². The lowest BCUT2D eigenvalue weighted by Crippen LogP contribution is -2.34. The molecule has 1 N–H and O–H groups in total. The lowest BCUT2D eigenvalue weighted by molar-refractivity contribution is -0.125. The van der Waals surface area contributed by atoms with Crippen LogP contribution in [0.1, 0.15) is 51.7 Å². The topological polar surface area (TPSA) is 89.4 Å². The molecule has 2 aromatic rings. The number of ether oxygens (including phenoxy) is 1. The van der Waals surface area contributed by atoms with Gasteiger partial charge in [-0.25, -0.2) is 0 Å². The van der Waals surface area contributed by atoms with E-state index in [1.165, 1.54) is 24.0 Å². The van der Waals surface area contributed by atoms with Crippen molar-refractivity contribution in [3.63, 3.8) is 0 Å². The second kappa shape index (κ2) is 8.47. The first-order valence-corrected chi connectivity index (χ1v) is 11.7. The fourth-order valence-corrected chi connectivity index (χ4v) is 5.74. The summed E-state index contributed by atoms with van der Waals surface area (Å²) in [6.45, 7) is 3.43. The van der Waals surface area contributed by atoms with E-state index in [0.717, 1.165) is 35.8 Å². The molecule has 0 unspecified atom stereocenters. The summed E-state index contributed by atoms with van der Waals surface area (Å²) in [5, 5.41) is 13.7. The number of amides is 2. The van der Waals surface area contributed by atoms with Gasteiger partial charge < -0.3 is 19.5 Å². The molecule has 160 valence electrons. The number of carbonyl (C=O) groups is 2. The summed E-state index contributed by atoms with van der Waals surface area (Å²) in [4.78, 5) is 28.4. The van der Waals surface area contributed by atoms with Crippen molar-refractivity contribution in [2.24, 2.45) is 5.92 Å². The van der Waals surface area contributed by atoms with E-state index in [0.29, 0.717) is 45.8 Å². The molecule has 0 bridgehead atoms. The zero-order valence-corrected chi connectivity index (χ0v) is 17.9. The maximum atomic E-state index is 13.2. The van der Waals surface area contributed by atoms with Crippen molar-refractivity contribution < 1.29 is 14.3 Å². The molecule has 0 saturated carbocycles. The van der Waals surface area contributed by atoms with Crippen LogP contribution in [0.3, 0.4) is 0 Å². The highest BCUT2D eigenvalue weighted by molar-refractivity contribution is 7.12. The van der Waals surface area contributed by atoms with Gasteiger partial charge in [0.25, 0.3) is 5.91 Å². The van der Waals surface area contributed by atoms with E-state index in [1.807, 2.05) is 4.90 Å². The van der Waals surface area contributed by atoms with Crippen molar-refractivity contribution in [1.29, 1.82) is 0 Å². The van der Waals surface area contributed by atoms with E-state index in [4.69, 9.17) is 4.74 Å². The van der Waals surface area contributed by atoms with Crippen molar-refractivity contribution in [2.45, 2.75) is 51.6 Å². The third-order valence-electron chi connectivity index (χ3n) is 6.41. The molecule has 1 aliphatic carbocycles. The van der Waals surface area contributed by atoms with Gasteiger partial charge in [0.1, 0.15) is 5.82 Å². The van der Waals surface area contributed by atoms with E-state index in [1.54, 1.807) is 11.3 Å². The Hall–Kier alpha value is -2.26. The normalized spacial score (nSPS) is 21.1. The predicted octanol–water partition coefficient (Wildman–Crippen LogP) is 1.57. The third kappa shape index (κ3) is 3.76. The van der Waals surface area contributed by atoms with Crippen molar-refractivity contribution >= 4 is 23.2 Å². The van der Waals surface area contributed by atoms with Gasteiger partial charge in [-0.3, -0.25) is 9.59 Å². The molecule has 8 nitrogen and oxygen atoms in total. The van der Waals surface area contributed by atoms with Crippen LogP contribution in [0.4, 0.5) is 0 Å². The zero-order valence-electron chi connectivity index (χ0n) is 17.1. The van der Waals surface area contributed by atoms with E-state index >= 15 is 0 Å². The minimum atomic E-state index is -0.0682. The number of hydrogen-bond acceptors (Lipinski definition) is 6. The van der Waals surface area contributed by atoms with Crippen LogP contribution in [0.15, 0.2) is 5.38 Å². The molecular weight excluding hydrogens is 402 g/mol. The van der Waals surface area contributed by atoms with Crippen LogP contribution in [0.5, 0.6) is 0 Å². The lowest BCUT2D eigenvalue weighted by Gasteiger charge is -2.21. The largest absolute Gasteiger partial charge is 0.381 e. The van der Waals surface area contributed by atoms with Gasteiger partial charge in [-0.2, -0.15) is 0 Å². The van der Waals surface area contributed by atoms with Crippen LogP contribution in [0, 0.1) is 5.92 Å². The standard InChI is InChI=1S/C21H27N5O3S/c27-20(14-6-10-29-12-14)22-11-18-24-23-17-5-7-25(8-9-26(17)18)21(28)19-16-4-2-1-3-15(16)13-30-19/h13-14H,1-12H2,(H,22,27)/t14-/m0/s1. The summed E-state index contributed by atoms with van der Waals surface area (Å²) >= 11 is 1.60. The maximum Gasteiger partial charge on any atom is 0.264 e.